The van der Waals surface area contributed by atoms with Crippen molar-refractivity contribution in [2.45, 2.75) is 90.1 Å². The summed E-state index contributed by atoms with van der Waals surface area (Å²) in [4.78, 5) is 12.5. The quantitative estimate of drug-likeness (QED) is 0.629. The van der Waals surface area contributed by atoms with Gasteiger partial charge < -0.3 is 4.74 Å². The predicted molar refractivity (Wildman–Crippen MR) is 81.6 cm³/mol. The Labute approximate surface area is 123 Å². The van der Waals surface area contributed by atoms with E-state index < -0.39 is 5.54 Å². The van der Waals surface area contributed by atoms with Gasteiger partial charge in [-0.25, -0.2) is 0 Å². The molecule has 1 unspecified atom stereocenters. The van der Waals surface area contributed by atoms with Gasteiger partial charge in [-0.1, -0.05) is 39.5 Å². The monoisotopic (exact) mass is 281 g/mol. The topological polar surface area (TPSA) is 38.3 Å². The van der Waals surface area contributed by atoms with Crippen LogP contribution in [0.1, 0.15) is 78.6 Å². The van der Waals surface area contributed by atoms with Gasteiger partial charge in [-0.3, -0.25) is 10.1 Å². The molecule has 2 aliphatic carbocycles. The van der Waals surface area contributed by atoms with Crippen LogP contribution in [0.2, 0.25) is 0 Å². The molecule has 0 aromatic heterocycles. The highest BCUT2D eigenvalue weighted by molar-refractivity contribution is 5.81. The van der Waals surface area contributed by atoms with Gasteiger partial charge >= 0.3 is 5.97 Å². The van der Waals surface area contributed by atoms with Crippen molar-refractivity contribution in [1.29, 1.82) is 0 Å². The highest BCUT2D eigenvalue weighted by Crippen LogP contribution is 2.44. The van der Waals surface area contributed by atoms with Gasteiger partial charge in [0, 0.05) is 6.04 Å². The number of hydrogen-bond acceptors (Lipinski definition) is 3. The van der Waals surface area contributed by atoms with Gasteiger partial charge in [-0.15, -0.1) is 0 Å². The summed E-state index contributed by atoms with van der Waals surface area (Å²) in [5, 5.41) is 3.74. The van der Waals surface area contributed by atoms with E-state index in [4.69, 9.17) is 4.74 Å². The molecule has 20 heavy (non-hydrogen) atoms. The van der Waals surface area contributed by atoms with Crippen LogP contribution in [-0.4, -0.2) is 24.2 Å². The number of rotatable bonds is 4. The van der Waals surface area contributed by atoms with E-state index in [1.54, 1.807) is 0 Å². The summed E-state index contributed by atoms with van der Waals surface area (Å²) < 4.78 is 5.39. The van der Waals surface area contributed by atoms with Crippen molar-refractivity contribution < 1.29 is 9.53 Å². The SMILES string of the molecule is CCOC(=O)C1(NC2CCCCCC2)CCC(C)(C)C1. The van der Waals surface area contributed by atoms with E-state index in [-0.39, 0.29) is 11.4 Å². The molecule has 0 spiro atoms. The number of carbonyl (C=O) groups excluding carboxylic acids is 1. The smallest absolute Gasteiger partial charge is 0.326 e. The number of nitrogens with one attached hydrogen (secondary N) is 1. The third kappa shape index (κ3) is 3.75. The van der Waals surface area contributed by atoms with E-state index in [9.17, 15) is 4.79 Å². The van der Waals surface area contributed by atoms with E-state index in [1.807, 2.05) is 6.92 Å². The lowest BCUT2D eigenvalue weighted by Crippen LogP contribution is -2.55. The molecule has 0 saturated heterocycles. The van der Waals surface area contributed by atoms with Gasteiger partial charge in [-0.05, 0) is 44.4 Å². The molecule has 2 aliphatic rings. The zero-order chi connectivity index (χ0) is 14.6. The van der Waals surface area contributed by atoms with Crippen LogP contribution in [-0.2, 0) is 9.53 Å². The van der Waals surface area contributed by atoms with Crippen molar-refractivity contribution in [1.82, 2.24) is 5.32 Å². The first-order valence-electron chi connectivity index (χ1n) is 8.42. The van der Waals surface area contributed by atoms with Crippen molar-refractivity contribution in [3.63, 3.8) is 0 Å². The van der Waals surface area contributed by atoms with Gasteiger partial charge in [0.25, 0.3) is 0 Å². The molecule has 2 rings (SSSR count). The average molecular weight is 281 g/mol. The van der Waals surface area contributed by atoms with E-state index in [2.05, 4.69) is 19.2 Å². The van der Waals surface area contributed by atoms with Gasteiger partial charge in [-0.2, -0.15) is 0 Å². The maximum Gasteiger partial charge on any atom is 0.326 e. The van der Waals surface area contributed by atoms with E-state index in [1.165, 1.54) is 38.5 Å². The fourth-order valence-electron chi connectivity index (χ4n) is 3.99. The van der Waals surface area contributed by atoms with Crippen molar-refractivity contribution >= 4 is 5.97 Å². The van der Waals surface area contributed by atoms with Crippen LogP contribution in [0.4, 0.5) is 0 Å². The summed E-state index contributed by atoms with van der Waals surface area (Å²) in [7, 11) is 0. The van der Waals surface area contributed by atoms with Crippen molar-refractivity contribution in [3.05, 3.63) is 0 Å². The van der Waals surface area contributed by atoms with Gasteiger partial charge in [0.05, 0.1) is 6.61 Å². The lowest BCUT2D eigenvalue weighted by atomic mass is 9.86. The number of hydrogen-bond donors (Lipinski definition) is 1. The summed E-state index contributed by atoms with van der Waals surface area (Å²) in [5.41, 5.74) is -0.182. The van der Waals surface area contributed by atoms with Crippen LogP contribution in [0.5, 0.6) is 0 Å². The third-order valence-corrected chi connectivity index (χ3v) is 5.01. The first-order chi connectivity index (χ1) is 9.47. The minimum atomic E-state index is -0.422. The van der Waals surface area contributed by atoms with Crippen molar-refractivity contribution in [2.75, 3.05) is 6.61 Å². The minimum Gasteiger partial charge on any atom is -0.465 e. The summed E-state index contributed by atoms with van der Waals surface area (Å²) in [6.45, 7) is 6.91. The normalized spacial score (nSPS) is 30.9. The van der Waals surface area contributed by atoms with Gasteiger partial charge in [0.2, 0.25) is 0 Å². The largest absolute Gasteiger partial charge is 0.465 e. The molecule has 3 nitrogen and oxygen atoms in total. The molecule has 2 saturated carbocycles. The Balaban J connectivity index is 2.08. The molecule has 3 heteroatoms. The molecule has 1 N–H and O–H groups in total. The Hall–Kier alpha value is -0.570. The molecule has 0 heterocycles. The van der Waals surface area contributed by atoms with Crippen LogP contribution >= 0.6 is 0 Å². The second kappa shape index (κ2) is 6.46. The highest BCUT2D eigenvalue weighted by Gasteiger charge is 2.50. The molecule has 0 bridgehead atoms. The summed E-state index contributed by atoms with van der Waals surface area (Å²) in [6, 6.07) is 0.496. The molecule has 2 fully saturated rings. The lowest BCUT2D eigenvalue weighted by Gasteiger charge is -2.34. The fraction of sp³-hybridized carbons (Fsp3) is 0.941. The molecule has 0 amide bonds. The Kier molecular flexibility index (Phi) is 5.11. The van der Waals surface area contributed by atoms with E-state index in [0.29, 0.717) is 12.6 Å². The van der Waals surface area contributed by atoms with Crippen LogP contribution in [0.15, 0.2) is 0 Å². The van der Waals surface area contributed by atoms with Gasteiger partial charge in [0.15, 0.2) is 0 Å². The Morgan fingerprint density at radius 3 is 2.30 bits per heavy atom. The lowest BCUT2D eigenvalue weighted by molar-refractivity contribution is -0.151. The van der Waals surface area contributed by atoms with E-state index >= 15 is 0 Å². The maximum absolute atomic E-state index is 12.5. The zero-order valence-corrected chi connectivity index (χ0v) is 13.5. The number of ether oxygens (including phenoxy) is 1. The maximum atomic E-state index is 12.5. The van der Waals surface area contributed by atoms with Crippen LogP contribution in [0, 0.1) is 5.41 Å². The Morgan fingerprint density at radius 1 is 1.15 bits per heavy atom. The second-order valence-corrected chi connectivity index (χ2v) is 7.48. The van der Waals surface area contributed by atoms with Crippen molar-refractivity contribution in [2.24, 2.45) is 5.41 Å². The predicted octanol–water partition coefficient (Wildman–Crippen LogP) is 3.81. The first-order valence-corrected chi connectivity index (χ1v) is 8.42. The Morgan fingerprint density at radius 2 is 1.80 bits per heavy atom. The number of carbonyl (C=O) groups is 1. The molecular weight excluding hydrogens is 250 g/mol. The fourth-order valence-corrected chi connectivity index (χ4v) is 3.99. The summed E-state index contributed by atoms with van der Waals surface area (Å²) in [6.07, 6.45) is 10.6. The molecule has 0 aromatic carbocycles. The second-order valence-electron chi connectivity index (χ2n) is 7.48. The molecular formula is C17H31NO2. The molecule has 1 atom stereocenters. The van der Waals surface area contributed by atoms with Crippen molar-refractivity contribution in [3.8, 4) is 0 Å². The van der Waals surface area contributed by atoms with Crippen LogP contribution in [0.25, 0.3) is 0 Å². The first kappa shape index (κ1) is 15.8. The van der Waals surface area contributed by atoms with Gasteiger partial charge in [0.1, 0.15) is 5.54 Å². The highest BCUT2D eigenvalue weighted by atomic mass is 16.5. The standard InChI is InChI=1S/C17H31NO2/c1-4-20-15(19)17(12-11-16(2,3)13-17)18-14-9-7-5-6-8-10-14/h14,18H,4-13H2,1-3H3. The molecule has 0 radical (unpaired) electrons. The van der Waals surface area contributed by atoms with Crippen LogP contribution in [0.3, 0.4) is 0 Å². The third-order valence-electron chi connectivity index (χ3n) is 5.01. The van der Waals surface area contributed by atoms with E-state index in [0.717, 1.165) is 19.3 Å². The number of esters is 1. The Bertz CT molecular complexity index is 332. The zero-order valence-electron chi connectivity index (χ0n) is 13.5. The molecule has 0 aliphatic heterocycles. The minimum absolute atomic E-state index is 0.0187. The summed E-state index contributed by atoms with van der Waals surface area (Å²) in [5.74, 6) is -0.0187. The average Bonchev–Trinajstić information content (AvgIpc) is 2.56. The molecule has 0 aromatic rings. The summed E-state index contributed by atoms with van der Waals surface area (Å²) >= 11 is 0. The molecule has 116 valence electrons. The van der Waals surface area contributed by atoms with Crippen LogP contribution < -0.4 is 5.32 Å².